The van der Waals surface area contributed by atoms with Crippen LogP contribution < -0.4 is 5.32 Å². The number of nitrogens with one attached hydrogen (secondary N) is 1. The molecule has 0 saturated carbocycles. The Labute approximate surface area is 113 Å². The molecule has 0 bridgehead atoms. The van der Waals surface area contributed by atoms with E-state index >= 15 is 0 Å². The normalized spacial score (nSPS) is 20.2. The van der Waals surface area contributed by atoms with E-state index in [1.165, 1.54) is 0 Å². The van der Waals surface area contributed by atoms with Gasteiger partial charge in [0.15, 0.2) is 0 Å². The lowest BCUT2D eigenvalue weighted by Gasteiger charge is -2.27. The van der Waals surface area contributed by atoms with E-state index in [1.807, 2.05) is 24.1 Å². The first-order chi connectivity index (χ1) is 8.68. The Hall–Kier alpha value is -1.06. The van der Waals surface area contributed by atoms with Crippen LogP contribution in [0.2, 0.25) is 5.02 Å². The molecular weight excluding hydrogens is 248 g/mol. The van der Waals surface area contributed by atoms with Crippen LogP contribution in [0, 0.1) is 0 Å². The van der Waals surface area contributed by atoms with E-state index in [0.717, 1.165) is 32.4 Å². The number of benzene rings is 1. The van der Waals surface area contributed by atoms with Gasteiger partial charge in [0.05, 0.1) is 0 Å². The second kappa shape index (κ2) is 6.21. The standard InChI is InChI=1S/C14H19ClN2O/c1-17(13-6-3-8-16-9-7-13)14(18)11-4-2-5-12(15)10-11/h2,4-5,10,13,16H,3,6-9H2,1H3. The number of halogens is 1. The molecule has 0 aliphatic carbocycles. The second-order valence-electron chi connectivity index (χ2n) is 4.76. The summed E-state index contributed by atoms with van der Waals surface area (Å²) in [5.74, 6) is 0.0596. The van der Waals surface area contributed by atoms with Crippen molar-refractivity contribution in [3.63, 3.8) is 0 Å². The monoisotopic (exact) mass is 266 g/mol. The molecule has 1 unspecified atom stereocenters. The Morgan fingerprint density at radius 1 is 1.39 bits per heavy atom. The quantitative estimate of drug-likeness (QED) is 0.892. The molecule has 0 aromatic heterocycles. The minimum Gasteiger partial charge on any atom is -0.339 e. The third-order valence-electron chi connectivity index (χ3n) is 3.48. The Bertz CT molecular complexity index is 414. The number of rotatable bonds is 2. The summed E-state index contributed by atoms with van der Waals surface area (Å²) in [4.78, 5) is 14.2. The lowest BCUT2D eigenvalue weighted by molar-refractivity contribution is 0.0720. The first-order valence-electron chi connectivity index (χ1n) is 6.42. The molecule has 3 nitrogen and oxygen atoms in total. The van der Waals surface area contributed by atoms with Crippen LogP contribution in [0.4, 0.5) is 0 Å². The van der Waals surface area contributed by atoms with E-state index < -0.39 is 0 Å². The number of hydrogen-bond acceptors (Lipinski definition) is 2. The predicted octanol–water partition coefficient (Wildman–Crippen LogP) is 2.55. The molecule has 1 aromatic rings. The first-order valence-corrected chi connectivity index (χ1v) is 6.80. The van der Waals surface area contributed by atoms with Crippen LogP contribution >= 0.6 is 11.6 Å². The van der Waals surface area contributed by atoms with Gasteiger partial charge in [0.25, 0.3) is 5.91 Å². The van der Waals surface area contributed by atoms with Gasteiger partial charge in [0, 0.05) is 23.7 Å². The maximum Gasteiger partial charge on any atom is 0.253 e. The molecule has 1 aromatic carbocycles. The molecule has 1 aliphatic heterocycles. The van der Waals surface area contributed by atoms with Crippen molar-refractivity contribution in [1.29, 1.82) is 0 Å². The van der Waals surface area contributed by atoms with Crippen LogP contribution in [0.5, 0.6) is 0 Å². The molecule has 1 fully saturated rings. The molecule has 2 rings (SSSR count). The van der Waals surface area contributed by atoms with E-state index in [4.69, 9.17) is 11.6 Å². The minimum absolute atomic E-state index is 0.0596. The summed E-state index contributed by atoms with van der Waals surface area (Å²) < 4.78 is 0. The highest BCUT2D eigenvalue weighted by atomic mass is 35.5. The summed E-state index contributed by atoms with van der Waals surface area (Å²) in [6.07, 6.45) is 3.20. The molecule has 1 N–H and O–H groups in total. The predicted molar refractivity (Wildman–Crippen MR) is 74.1 cm³/mol. The third kappa shape index (κ3) is 3.24. The van der Waals surface area contributed by atoms with Crippen molar-refractivity contribution < 1.29 is 4.79 Å². The van der Waals surface area contributed by atoms with Gasteiger partial charge in [-0.15, -0.1) is 0 Å². The third-order valence-corrected chi connectivity index (χ3v) is 3.72. The maximum absolute atomic E-state index is 12.4. The molecule has 0 spiro atoms. The smallest absolute Gasteiger partial charge is 0.253 e. The van der Waals surface area contributed by atoms with Crippen LogP contribution in [0.15, 0.2) is 24.3 Å². The van der Waals surface area contributed by atoms with Crippen molar-refractivity contribution in [3.8, 4) is 0 Å². The van der Waals surface area contributed by atoms with Crippen molar-refractivity contribution in [3.05, 3.63) is 34.9 Å². The van der Waals surface area contributed by atoms with E-state index in [0.29, 0.717) is 16.6 Å². The number of hydrogen-bond donors (Lipinski definition) is 1. The molecule has 1 atom stereocenters. The Balaban J connectivity index is 2.07. The first kappa shape index (κ1) is 13.4. The van der Waals surface area contributed by atoms with E-state index in [2.05, 4.69) is 5.32 Å². The highest BCUT2D eigenvalue weighted by molar-refractivity contribution is 6.30. The number of carbonyl (C=O) groups excluding carboxylic acids is 1. The average molecular weight is 267 g/mol. The minimum atomic E-state index is 0.0596. The second-order valence-corrected chi connectivity index (χ2v) is 5.20. The molecule has 1 amide bonds. The van der Waals surface area contributed by atoms with Crippen molar-refractivity contribution >= 4 is 17.5 Å². The van der Waals surface area contributed by atoms with E-state index in [9.17, 15) is 4.79 Å². The molecule has 1 aliphatic rings. The summed E-state index contributed by atoms with van der Waals surface area (Å²) in [7, 11) is 1.89. The molecular formula is C14H19ClN2O. The fourth-order valence-corrected chi connectivity index (χ4v) is 2.57. The Morgan fingerprint density at radius 2 is 2.22 bits per heavy atom. The molecule has 0 radical (unpaired) electrons. The van der Waals surface area contributed by atoms with E-state index in [1.54, 1.807) is 12.1 Å². The van der Waals surface area contributed by atoms with Gasteiger partial charge in [-0.2, -0.15) is 0 Å². The lowest BCUT2D eigenvalue weighted by Crippen LogP contribution is -2.37. The molecule has 1 saturated heterocycles. The highest BCUT2D eigenvalue weighted by Crippen LogP contribution is 2.17. The fourth-order valence-electron chi connectivity index (χ4n) is 2.38. The zero-order chi connectivity index (χ0) is 13.0. The summed E-state index contributed by atoms with van der Waals surface area (Å²) in [5, 5.41) is 3.97. The zero-order valence-electron chi connectivity index (χ0n) is 10.7. The van der Waals surface area contributed by atoms with Gasteiger partial charge in [-0.1, -0.05) is 17.7 Å². The number of carbonyl (C=O) groups is 1. The summed E-state index contributed by atoms with van der Waals surface area (Å²) in [5.41, 5.74) is 0.669. The van der Waals surface area contributed by atoms with Gasteiger partial charge in [0.1, 0.15) is 0 Å². The van der Waals surface area contributed by atoms with E-state index in [-0.39, 0.29) is 5.91 Å². The Kier molecular flexibility index (Phi) is 4.61. The fraction of sp³-hybridized carbons (Fsp3) is 0.500. The topological polar surface area (TPSA) is 32.3 Å². The van der Waals surface area contributed by atoms with Crippen LogP contribution in [0.1, 0.15) is 29.6 Å². The molecule has 1 heterocycles. The maximum atomic E-state index is 12.4. The lowest BCUT2D eigenvalue weighted by atomic mass is 10.1. The van der Waals surface area contributed by atoms with Crippen LogP contribution in [0.3, 0.4) is 0 Å². The van der Waals surface area contributed by atoms with Crippen LogP contribution in [0.25, 0.3) is 0 Å². The SMILES string of the molecule is CN(C(=O)c1cccc(Cl)c1)C1CCCNCC1. The summed E-state index contributed by atoms with van der Waals surface area (Å²) in [6.45, 7) is 2.04. The van der Waals surface area contributed by atoms with Gasteiger partial charge >= 0.3 is 0 Å². The average Bonchev–Trinajstić information content (AvgIpc) is 2.66. The molecule has 4 heteroatoms. The highest BCUT2D eigenvalue weighted by Gasteiger charge is 2.21. The largest absolute Gasteiger partial charge is 0.339 e. The summed E-state index contributed by atoms with van der Waals surface area (Å²) >= 11 is 5.92. The van der Waals surface area contributed by atoms with Gasteiger partial charge < -0.3 is 10.2 Å². The van der Waals surface area contributed by atoms with Crippen molar-refractivity contribution in [1.82, 2.24) is 10.2 Å². The summed E-state index contributed by atoms with van der Waals surface area (Å²) in [6, 6.07) is 7.48. The van der Waals surface area contributed by atoms with Gasteiger partial charge in [-0.05, 0) is 50.6 Å². The van der Waals surface area contributed by atoms with Gasteiger partial charge in [0.2, 0.25) is 0 Å². The van der Waals surface area contributed by atoms with Gasteiger partial charge in [-0.3, -0.25) is 4.79 Å². The number of nitrogens with zero attached hydrogens (tertiary/aromatic N) is 1. The van der Waals surface area contributed by atoms with Crippen molar-refractivity contribution in [2.24, 2.45) is 0 Å². The van der Waals surface area contributed by atoms with Gasteiger partial charge in [-0.25, -0.2) is 0 Å². The van der Waals surface area contributed by atoms with Crippen LogP contribution in [-0.2, 0) is 0 Å². The number of amides is 1. The Morgan fingerprint density at radius 3 is 3.00 bits per heavy atom. The van der Waals surface area contributed by atoms with Crippen molar-refractivity contribution in [2.45, 2.75) is 25.3 Å². The molecule has 98 valence electrons. The zero-order valence-corrected chi connectivity index (χ0v) is 11.4. The van der Waals surface area contributed by atoms with Crippen molar-refractivity contribution in [2.75, 3.05) is 20.1 Å². The molecule has 18 heavy (non-hydrogen) atoms. The van der Waals surface area contributed by atoms with Crippen LogP contribution in [-0.4, -0.2) is 37.0 Å².